The van der Waals surface area contributed by atoms with Crippen molar-refractivity contribution in [3.05, 3.63) is 0 Å². The molecule has 2 rings (SSSR count). The van der Waals surface area contributed by atoms with E-state index in [-0.39, 0.29) is 24.9 Å². The summed E-state index contributed by atoms with van der Waals surface area (Å²) in [6.07, 6.45) is 2.29. The van der Waals surface area contributed by atoms with E-state index in [4.69, 9.17) is 11.5 Å². The molecular weight excluding hydrogens is 300 g/mol. The third-order valence-corrected chi connectivity index (χ3v) is 4.62. The summed E-state index contributed by atoms with van der Waals surface area (Å²) in [7, 11) is 0. The predicted octanol–water partition coefficient (Wildman–Crippen LogP) is -1.59. The van der Waals surface area contributed by atoms with E-state index in [1.807, 2.05) is 0 Å². The van der Waals surface area contributed by atoms with Crippen LogP contribution >= 0.6 is 0 Å². The first-order chi connectivity index (χ1) is 10.7. The number of hydrogen-bond donors (Lipinski definition) is 2. The molecule has 0 aromatic rings. The zero-order valence-electron chi connectivity index (χ0n) is 13.4. The number of carbonyl (C=O) groups is 4. The molecular formula is C15H24N4O4. The van der Waals surface area contributed by atoms with Gasteiger partial charge in [0, 0.05) is 25.9 Å². The number of ketones is 2. The second-order valence-electron chi connectivity index (χ2n) is 6.49. The average Bonchev–Trinajstić information content (AvgIpc) is 3.07. The van der Waals surface area contributed by atoms with Crippen molar-refractivity contribution in [2.75, 3.05) is 26.2 Å². The highest BCUT2D eigenvalue weighted by atomic mass is 16.2. The zero-order chi connectivity index (χ0) is 17.2. The Balaban J connectivity index is 1.96. The van der Waals surface area contributed by atoms with E-state index in [0.717, 1.165) is 12.8 Å². The summed E-state index contributed by atoms with van der Waals surface area (Å²) in [6.45, 7) is 2.20. The normalized spacial score (nSPS) is 22.4. The molecule has 2 saturated heterocycles. The highest BCUT2D eigenvalue weighted by molar-refractivity contribution is 6.00. The fourth-order valence-corrected chi connectivity index (χ4v) is 2.88. The zero-order valence-corrected chi connectivity index (χ0v) is 13.4. The molecule has 0 aromatic heterocycles. The lowest BCUT2D eigenvalue weighted by Gasteiger charge is -2.31. The van der Waals surface area contributed by atoms with Gasteiger partial charge in [0.2, 0.25) is 11.8 Å². The van der Waals surface area contributed by atoms with Crippen LogP contribution in [0, 0.1) is 0 Å². The first kappa shape index (κ1) is 17.6. The Morgan fingerprint density at radius 1 is 1.09 bits per heavy atom. The van der Waals surface area contributed by atoms with E-state index in [1.165, 1.54) is 16.7 Å². The van der Waals surface area contributed by atoms with Gasteiger partial charge in [-0.2, -0.15) is 0 Å². The predicted molar refractivity (Wildman–Crippen MR) is 82.2 cm³/mol. The van der Waals surface area contributed by atoms with Gasteiger partial charge >= 0.3 is 0 Å². The summed E-state index contributed by atoms with van der Waals surface area (Å²) in [6, 6.07) is -1.21. The molecule has 0 saturated carbocycles. The number of likely N-dealkylation sites (tertiary alicyclic amines) is 2. The van der Waals surface area contributed by atoms with Crippen LogP contribution in [0.25, 0.3) is 0 Å². The molecule has 8 heteroatoms. The van der Waals surface area contributed by atoms with E-state index in [9.17, 15) is 19.2 Å². The van der Waals surface area contributed by atoms with Crippen molar-refractivity contribution in [2.24, 2.45) is 11.5 Å². The van der Waals surface area contributed by atoms with Crippen LogP contribution in [0.2, 0.25) is 0 Å². The van der Waals surface area contributed by atoms with Gasteiger partial charge in [0.15, 0.2) is 11.6 Å². The molecule has 0 aliphatic carbocycles. The third kappa shape index (κ3) is 3.76. The molecule has 2 unspecified atom stereocenters. The summed E-state index contributed by atoms with van der Waals surface area (Å²) in [4.78, 5) is 50.7. The summed E-state index contributed by atoms with van der Waals surface area (Å²) in [5, 5.41) is 0. The Morgan fingerprint density at radius 2 is 1.57 bits per heavy atom. The molecule has 2 atom stereocenters. The Kier molecular flexibility index (Phi) is 5.16. The van der Waals surface area contributed by atoms with Gasteiger partial charge in [0.25, 0.3) is 0 Å². The van der Waals surface area contributed by atoms with Gasteiger partial charge in [-0.25, -0.2) is 0 Å². The van der Waals surface area contributed by atoms with Crippen LogP contribution in [0.4, 0.5) is 0 Å². The monoisotopic (exact) mass is 324 g/mol. The van der Waals surface area contributed by atoms with Gasteiger partial charge < -0.3 is 21.3 Å². The van der Waals surface area contributed by atoms with Crippen LogP contribution in [-0.2, 0) is 19.2 Å². The smallest absolute Gasteiger partial charge is 0.223 e. The summed E-state index contributed by atoms with van der Waals surface area (Å²) < 4.78 is 0. The minimum atomic E-state index is -1.57. The van der Waals surface area contributed by atoms with Crippen molar-refractivity contribution in [3.63, 3.8) is 0 Å². The van der Waals surface area contributed by atoms with Crippen LogP contribution in [0.1, 0.15) is 32.6 Å². The third-order valence-electron chi connectivity index (χ3n) is 4.62. The fraction of sp³-hybridized carbons (Fsp3) is 0.733. The highest BCUT2D eigenvalue weighted by Crippen LogP contribution is 2.15. The standard InChI is InChI=1S/C15H24N4O4/c1-15(17,11(21)9-19-7-3-5-13(19)23)14(16)10(20)8-18-6-2-4-12(18)22/h14H,2-9,16-17H2,1H3. The van der Waals surface area contributed by atoms with E-state index in [2.05, 4.69) is 0 Å². The topological polar surface area (TPSA) is 127 Å². The van der Waals surface area contributed by atoms with E-state index >= 15 is 0 Å². The van der Waals surface area contributed by atoms with Gasteiger partial charge in [0.05, 0.1) is 24.7 Å². The van der Waals surface area contributed by atoms with Crippen LogP contribution in [-0.4, -0.2) is 70.9 Å². The molecule has 128 valence electrons. The quantitative estimate of drug-likeness (QED) is 0.581. The maximum Gasteiger partial charge on any atom is 0.223 e. The van der Waals surface area contributed by atoms with Crippen molar-refractivity contribution in [1.29, 1.82) is 0 Å². The molecule has 0 spiro atoms. The summed E-state index contributed by atoms with van der Waals surface area (Å²) >= 11 is 0. The molecule has 2 aliphatic heterocycles. The SMILES string of the molecule is CC(N)(C(=O)CN1CCCC1=O)C(N)C(=O)CN1CCCC1=O. The Labute approximate surface area is 135 Å². The molecule has 8 nitrogen and oxygen atoms in total. The summed E-state index contributed by atoms with van der Waals surface area (Å²) in [5.74, 6) is -1.05. The van der Waals surface area contributed by atoms with E-state index in [1.54, 1.807) is 0 Å². The second kappa shape index (κ2) is 6.76. The number of Topliss-reactive ketones (excluding diaryl/α,β-unsaturated/α-hetero) is 2. The number of nitrogens with two attached hydrogens (primary N) is 2. The van der Waals surface area contributed by atoms with Crippen molar-refractivity contribution in [3.8, 4) is 0 Å². The van der Waals surface area contributed by atoms with E-state index in [0.29, 0.717) is 25.9 Å². The maximum absolute atomic E-state index is 12.4. The Bertz CT molecular complexity index is 532. The van der Waals surface area contributed by atoms with Crippen LogP contribution in [0.3, 0.4) is 0 Å². The largest absolute Gasteiger partial charge is 0.335 e. The lowest BCUT2D eigenvalue weighted by molar-refractivity contribution is -0.137. The molecule has 0 radical (unpaired) electrons. The van der Waals surface area contributed by atoms with Gasteiger partial charge in [0.1, 0.15) is 0 Å². The number of nitrogens with zero attached hydrogens (tertiary/aromatic N) is 2. The molecule has 4 N–H and O–H groups in total. The molecule has 2 heterocycles. The average molecular weight is 324 g/mol. The molecule has 2 fully saturated rings. The first-order valence-corrected chi connectivity index (χ1v) is 7.89. The Hall–Kier alpha value is -1.80. The van der Waals surface area contributed by atoms with Crippen LogP contribution < -0.4 is 11.5 Å². The number of amides is 2. The fourth-order valence-electron chi connectivity index (χ4n) is 2.88. The minimum absolute atomic E-state index is 0.0849. The lowest BCUT2D eigenvalue weighted by atomic mass is 9.86. The molecule has 23 heavy (non-hydrogen) atoms. The van der Waals surface area contributed by atoms with Crippen molar-refractivity contribution in [2.45, 2.75) is 44.2 Å². The second-order valence-corrected chi connectivity index (χ2v) is 6.49. The summed E-state index contributed by atoms with van der Waals surface area (Å²) in [5.41, 5.74) is 10.3. The van der Waals surface area contributed by atoms with Gasteiger partial charge in [-0.15, -0.1) is 0 Å². The number of carbonyl (C=O) groups excluding carboxylic acids is 4. The molecule has 0 aromatic carbocycles. The highest BCUT2D eigenvalue weighted by Gasteiger charge is 2.41. The van der Waals surface area contributed by atoms with Crippen LogP contribution in [0.5, 0.6) is 0 Å². The number of hydrogen-bond acceptors (Lipinski definition) is 6. The van der Waals surface area contributed by atoms with Gasteiger partial charge in [-0.3, -0.25) is 19.2 Å². The minimum Gasteiger partial charge on any atom is -0.335 e. The maximum atomic E-state index is 12.4. The van der Waals surface area contributed by atoms with Gasteiger partial charge in [-0.1, -0.05) is 0 Å². The van der Waals surface area contributed by atoms with Crippen LogP contribution in [0.15, 0.2) is 0 Å². The van der Waals surface area contributed by atoms with Gasteiger partial charge in [-0.05, 0) is 19.8 Å². The van der Waals surface area contributed by atoms with Crippen molar-refractivity contribution in [1.82, 2.24) is 9.80 Å². The molecule has 0 bridgehead atoms. The molecule has 2 amide bonds. The lowest BCUT2D eigenvalue weighted by Crippen LogP contribution is -2.65. The Morgan fingerprint density at radius 3 is 2.00 bits per heavy atom. The molecule has 2 aliphatic rings. The first-order valence-electron chi connectivity index (χ1n) is 7.89. The van der Waals surface area contributed by atoms with Crippen molar-refractivity contribution >= 4 is 23.4 Å². The van der Waals surface area contributed by atoms with Crippen molar-refractivity contribution < 1.29 is 19.2 Å². The van der Waals surface area contributed by atoms with E-state index < -0.39 is 23.1 Å². The number of rotatable bonds is 7.